The van der Waals surface area contributed by atoms with E-state index in [1.54, 1.807) is 19.4 Å². The molecule has 3 aromatic rings. The topological polar surface area (TPSA) is 47.3 Å². The summed E-state index contributed by atoms with van der Waals surface area (Å²) in [5.74, 6) is 2.42. The van der Waals surface area contributed by atoms with Crippen LogP contribution < -0.4 is 10.1 Å². The van der Waals surface area contributed by atoms with Crippen LogP contribution in [-0.4, -0.2) is 16.5 Å². The Morgan fingerprint density at radius 3 is 2.96 bits per heavy atom. The van der Waals surface area contributed by atoms with E-state index in [0.717, 1.165) is 29.0 Å². The summed E-state index contributed by atoms with van der Waals surface area (Å²) in [6.45, 7) is 1.76. The molecule has 4 rings (SSSR count). The standard InChI is InChI=1S/C20H17Cl2FN2O2S/c1-11(16-14(21)2-3-15(23)17(16)22)27-19-18-12(4-7-26-18)10-24-20(19)25-13-5-8-28-9-6-13/h2-5,7,10-11H,6,8-9H2,1H3,(H,24,25)/t11-/m1/s1. The number of aromatic nitrogens is 1. The van der Waals surface area contributed by atoms with E-state index in [9.17, 15) is 4.39 Å². The number of anilines is 1. The quantitative estimate of drug-likeness (QED) is 0.441. The number of benzene rings is 1. The second-order valence-corrected chi connectivity index (χ2v) is 8.27. The number of nitrogens with zero attached hydrogens (tertiary/aromatic N) is 1. The van der Waals surface area contributed by atoms with Crippen molar-refractivity contribution in [1.29, 1.82) is 0 Å². The van der Waals surface area contributed by atoms with Crippen LogP contribution in [0.1, 0.15) is 25.0 Å². The van der Waals surface area contributed by atoms with E-state index in [1.165, 1.54) is 12.1 Å². The highest BCUT2D eigenvalue weighted by Crippen LogP contribution is 2.40. The Bertz CT molecular complexity index is 1050. The molecule has 1 aliphatic rings. The highest BCUT2D eigenvalue weighted by Gasteiger charge is 2.23. The minimum Gasteiger partial charge on any atom is -0.478 e. The second-order valence-electron chi connectivity index (χ2n) is 6.34. The summed E-state index contributed by atoms with van der Waals surface area (Å²) in [6.07, 6.45) is 5.73. The van der Waals surface area contributed by atoms with Crippen LogP contribution in [0.3, 0.4) is 0 Å². The molecule has 0 aliphatic carbocycles. The number of thioether (sulfide) groups is 1. The maximum absolute atomic E-state index is 14.0. The number of nitrogens with one attached hydrogen (secondary N) is 1. The molecule has 8 heteroatoms. The summed E-state index contributed by atoms with van der Waals surface area (Å²) in [6, 6.07) is 4.51. The van der Waals surface area contributed by atoms with E-state index in [-0.39, 0.29) is 5.02 Å². The van der Waals surface area contributed by atoms with Crippen molar-refractivity contribution in [2.45, 2.75) is 19.4 Å². The first kappa shape index (κ1) is 19.4. The summed E-state index contributed by atoms with van der Waals surface area (Å²) in [5, 5.41) is 4.42. The lowest BCUT2D eigenvalue weighted by Crippen LogP contribution is -2.11. The van der Waals surface area contributed by atoms with Crippen LogP contribution in [0.2, 0.25) is 10.0 Å². The lowest BCUT2D eigenvalue weighted by atomic mass is 10.1. The fraction of sp³-hybridized carbons (Fsp3) is 0.250. The van der Waals surface area contributed by atoms with Gasteiger partial charge in [-0.2, -0.15) is 11.8 Å². The van der Waals surface area contributed by atoms with Gasteiger partial charge in [0.05, 0.1) is 11.3 Å². The van der Waals surface area contributed by atoms with Gasteiger partial charge in [-0.15, -0.1) is 0 Å². The number of ether oxygens (including phenoxy) is 1. The summed E-state index contributed by atoms with van der Waals surface area (Å²) in [4.78, 5) is 4.50. The molecule has 0 fully saturated rings. The van der Waals surface area contributed by atoms with Gasteiger partial charge in [-0.05, 0) is 37.3 Å². The molecule has 1 aliphatic heterocycles. The molecule has 0 bridgehead atoms. The second kappa shape index (κ2) is 8.23. The highest BCUT2D eigenvalue weighted by molar-refractivity contribution is 7.99. The zero-order valence-electron chi connectivity index (χ0n) is 15.0. The summed E-state index contributed by atoms with van der Waals surface area (Å²) in [7, 11) is 0. The van der Waals surface area contributed by atoms with E-state index < -0.39 is 11.9 Å². The molecule has 1 aromatic carbocycles. The molecule has 0 unspecified atom stereocenters. The molecule has 0 amide bonds. The number of furan rings is 1. The molecular weight excluding hydrogens is 422 g/mol. The van der Waals surface area contributed by atoms with E-state index in [0.29, 0.717) is 27.7 Å². The monoisotopic (exact) mass is 438 g/mol. The Morgan fingerprint density at radius 1 is 1.32 bits per heavy atom. The lowest BCUT2D eigenvalue weighted by Gasteiger charge is -2.21. The SMILES string of the molecule is C[C@@H](Oc1c(NC2=CCSCC2)ncc2ccoc12)c1c(Cl)ccc(F)c1Cl. The molecule has 0 radical (unpaired) electrons. The fourth-order valence-electron chi connectivity index (χ4n) is 3.05. The predicted octanol–water partition coefficient (Wildman–Crippen LogP) is 6.85. The summed E-state index contributed by atoms with van der Waals surface area (Å²) >= 11 is 14.3. The number of halogens is 3. The van der Waals surface area contributed by atoms with E-state index in [1.807, 2.05) is 17.8 Å². The van der Waals surface area contributed by atoms with Crippen molar-refractivity contribution in [3.05, 3.63) is 63.9 Å². The van der Waals surface area contributed by atoms with Gasteiger partial charge in [0, 0.05) is 33.6 Å². The normalized spacial score (nSPS) is 15.4. The fourth-order valence-corrected chi connectivity index (χ4v) is 4.58. The average Bonchev–Trinajstić information content (AvgIpc) is 3.17. The Hall–Kier alpha value is -1.89. The van der Waals surface area contributed by atoms with Crippen molar-refractivity contribution in [2.24, 2.45) is 0 Å². The van der Waals surface area contributed by atoms with Gasteiger partial charge in [0.2, 0.25) is 5.75 Å². The van der Waals surface area contributed by atoms with Gasteiger partial charge in [0.25, 0.3) is 0 Å². The molecular formula is C20H17Cl2FN2O2S. The zero-order valence-corrected chi connectivity index (χ0v) is 17.3. The van der Waals surface area contributed by atoms with E-state index >= 15 is 0 Å². The number of hydrogen-bond donors (Lipinski definition) is 1. The molecule has 1 N–H and O–H groups in total. The van der Waals surface area contributed by atoms with Gasteiger partial charge in [0.1, 0.15) is 11.9 Å². The molecule has 0 saturated carbocycles. The van der Waals surface area contributed by atoms with Gasteiger partial charge < -0.3 is 14.5 Å². The highest BCUT2D eigenvalue weighted by atomic mass is 35.5. The number of rotatable bonds is 5. The average molecular weight is 439 g/mol. The summed E-state index contributed by atoms with van der Waals surface area (Å²) in [5.41, 5.74) is 2.02. The van der Waals surface area contributed by atoms with Crippen LogP contribution in [0, 0.1) is 5.82 Å². The van der Waals surface area contributed by atoms with Crippen LogP contribution in [-0.2, 0) is 0 Å². The molecule has 28 heavy (non-hydrogen) atoms. The number of hydrogen-bond acceptors (Lipinski definition) is 5. The van der Waals surface area contributed by atoms with Crippen molar-refractivity contribution in [3.8, 4) is 5.75 Å². The first-order valence-electron chi connectivity index (χ1n) is 8.74. The molecule has 0 saturated heterocycles. The Kier molecular flexibility index (Phi) is 5.71. The number of pyridine rings is 1. The van der Waals surface area contributed by atoms with Crippen LogP contribution >= 0.6 is 35.0 Å². The molecule has 0 spiro atoms. The van der Waals surface area contributed by atoms with Crippen molar-refractivity contribution in [3.63, 3.8) is 0 Å². The number of fused-ring (bicyclic) bond motifs is 1. The van der Waals surface area contributed by atoms with Crippen molar-refractivity contribution >= 4 is 51.8 Å². The molecule has 3 heterocycles. The zero-order chi connectivity index (χ0) is 19.7. The van der Waals surface area contributed by atoms with Gasteiger partial charge >= 0.3 is 0 Å². The third kappa shape index (κ3) is 3.81. The maximum atomic E-state index is 14.0. The minimum absolute atomic E-state index is 0.0545. The third-order valence-electron chi connectivity index (χ3n) is 4.47. The molecule has 146 valence electrons. The first-order valence-corrected chi connectivity index (χ1v) is 10.7. The first-order chi connectivity index (χ1) is 13.5. The Labute approximate surface area is 176 Å². The van der Waals surface area contributed by atoms with Crippen LogP contribution in [0.5, 0.6) is 5.75 Å². The van der Waals surface area contributed by atoms with Crippen LogP contribution in [0.25, 0.3) is 11.0 Å². The Balaban J connectivity index is 1.73. The van der Waals surface area contributed by atoms with Crippen LogP contribution in [0.4, 0.5) is 10.2 Å². The molecule has 1 atom stereocenters. The smallest absolute Gasteiger partial charge is 0.206 e. The maximum Gasteiger partial charge on any atom is 0.206 e. The number of allylic oxidation sites excluding steroid dienone is 1. The molecule has 4 nitrogen and oxygen atoms in total. The van der Waals surface area contributed by atoms with Gasteiger partial charge in [-0.3, -0.25) is 0 Å². The third-order valence-corrected chi connectivity index (χ3v) is 6.08. The van der Waals surface area contributed by atoms with Gasteiger partial charge in [-0.1, -0.05) is 29.3 Å². The van der Waals surface area contributed by atoms with Gasteiger partial charge in [-0.25, -0.2) is 9.37 Å². The summed E-state index contributed by atoms with van der Waals surface area (Å²) < 4.78 is 25.8. The van der Waals surface area contributed by atoms with Crippen molar-refractivity contribution in [1.82, 2.24) is 4.98 Å². The van der Waals surface area contributed by atoms with E-state index in [2.05, 4.69) is 16.4 Å². The Morgan fingerprint density at radius 2 is 2.18 bits per heavy atom. The lowest BCUT2D eigenvalue weighted by molar-refractivity contribution is 0.227. The van der Waals surface area contributed by atoms with Crippen molar-refractivity contribution < 1.29 is 13.5 Å². The van der Waals surface area contributed by atoms with E-state index in [4.69, 9.17) is 32.4 Å². The molecule has 2 aromatic heterocycles. The predicted molar refractivity (Wildman–Crippen MR) is 113 cm³/mol. The van der Waals surface area contributed by atoms with Crippen LogP contribution in [0.15, 0.2) is 46.8 Å². The van der Waals surface area contributed by atoms with Gasteiger partial charge in [0.15, 0.2) is 11.4 Å². The van der Waals surface area contributed by atoms with Crippen molar-refractivity contribution in [2.75, 3.05) is 16.8 Å². The largest absolute Gasteiger partial charge is 0.478 e. The minimum atomic E-state index is -0.621.